The maximum atomic E-state index is 12.6. The van der Waals surface area contributed by atoms with Crippen molar-refractivity contribution in [3.63, 3.8) is 0 Å². The molecule has 0 heterocycles. The van der Waals surface area contributed by atoms with Crippen LogP contribution in [0.3, 0.4) is 0 Å². The average molecular weight is 361 g/mol. The molecule has 0 aliphatic heterocycles. The van der Waals surface area contributed by atoms with Gasteiger partial charge in [0.05, 0.1) is 0 Å². The van der Waals surface area contributed by atoms with Crippen molar-refractivity contribution in [2.75, 3.05) is 0 Å². The van der Waals surface area contributed by atoms with Gasteiger partial charge in [-0.3, -0.25) is 20.4 Å². The molecule has 0 saturated carbocycles. The second-order valence-electron chi connectivity index (χ2n) is 8.14. The summed E-state index contributed by atoms with van der Waals surface area (Å²) in [7, 11) is 0. The first-order chi connectivity index (χ1) is 12.4. The smallest absolute Gasteiger partial charge is 0.269 e. The molecule has 1 unspecified atom stereocenters. The van der Waals surface area contributed by atoms with Crippen LogP contribution in [-0.2, 0) is 4.79 Å². The highest BCUT2D eigenvalue weighted by Crippen LogP contribution is 2.30. The summed E-state index contributed by atoms with van der Waals surface area (Å²) in [6.07, 6.45) is 9.48. The van der Waals surface area contributed by atoms with Crippen LogP contribution in [0.5, 0.6) is 0 Å². The van der Waals surface area contributed by atoms with Gasteiger partial charge in [-0.1, -0.05) is 90.8 Å². The molecule has 4 heteroatoms. The first-order valence-corrected chi connectivity index (χ1v) is 10.0. The maximum Gasteiger partial charge on any atom is 0.269 e. The molecule has 26 heavy (non-hydrogen) atoms. The Hall–Kier alpha value is -1.84. The average Bonchev–Trinajstić information content (AvgIpc) is 2.61. The van der Waals surface area contributed by atoms with Crippen LogP contribution in [0, 0.1) is 11.3 Å². The van der Waals surface area contributed by atoms with Crippen LogP contribution < -0.4 is 10.9 Å². The number of unbranched alkanes of at least 4 members (excludes halogenated alkanes) is 6. The third-order valence-corrected chi connectivity index (χ3v) is 4.79. The van der Waals surface area contributed by atoms with Crippen molar-refractivity contribution in [2.24, 2.45) is 11.3 Å². The fourth-order valence-electron chi connectivity index (χ4n) is 3.13. The van der Waals surface area contributed by atoms with Gasteiger partial charge >= 0.3 is 0 Å². The molecule has 1 aromatic carbocycles. The number of rotatable bonds is 10. The van der Waals surface area contributed by atoms with E-state index in [1.54, 1.807) is 24.3 Å². The topological polar surface area (TPSA) is 58.2 Å². The van der Waals surface area contributed by atoms with E-state index in [1.807, 2.05) is 6.07 Å². The zero-order valence-corrected chi connectivity index (χ0v) is 16.9. The number of benzene rings is 1. The van der Waals surface area contributed by atoms with Crippen molar-refractivity contribution in [2.45, 2.75) is 79.1 Å². The summed E-state index contributed by atoms with van der Waals surface area (Å²) in [5, 5.41) is 0. The summed E-state index contributed by atoms with van der Waals surface area (Å²) in [4.78, 5) is 24.7. The van der Waals surface area contributed by atoms with Gasteiger partial charge in [0.1, 0.15) is 0 Å². The van der Waals surface area contributed by atoms with E-state index in [0.717, 1.165) is 12.8 Å². The van der Waals surface area contributed by atoms with Gasteiger partial charge in [0.2, 0.25) is 5.91 Å². The number of nitrogens with one attached hydrogen (secondary N) is 2. The van der Waals surface area contributed by atoms with E-state index in [9.17, 15) is 9.59 Å². The largest absolute Gasteiger partial charge is 0.273 e. The highest BCUT2D eigenvalue weighted by Gasteiger charge is 2.30. The van der Waals surface area contributed by atoms with Gasteiger partial charge in [0, 0.05) is 11.5 Å². The van der Waals surface area contributed by atoms with Crippen LogP contribution in [0.25, 0.3) is 0 Å². The minimum Gasteiger partial charge on any atom is -0.273 e. The molecule has 0 fully saturated rings. The number of hydrogen-bond acceptors (Lipinski definition) is 2. The Morgan fingerprint density at radius 3 is 2.04 bits per heavy atom. The van der Waals surface area contributed by atoms with E-state index in [1.165, 1.54) is 38.5 Å². The molecule has 4 nitrogen and oxygen atoms in total. The summed E-state index contributed by atoms with van der Waals surface area (Å²) in [6, 6.07) is 8.90. The van der Waals surface area contributed by atoms with Gasteiger partial charge in [-0.2, -0.15) is 0 Å². The maximum absolute atomic E-state index is 12.6. The minimum atomic E-state index is -0.289. The lowest BCUT2D eigenvalue weighted by molar-refractivity contribution is -0.129. The summed E-state index contributed by atoms with van der Waals surface area (Å²) in [6.45, 7) is 8.47. The second-order valence-corrected chi connectivity index (χ2v) is 8.14. The van der Waals surface area contributed by atoms with Gasteiger partial charge in [0.25, 0.3) is 5.91 Å². The Morgan fingerprint density at radius 2 is 1.46 bits per heavy atom. The van der Waals surface area contributed by atoms with Gasteiger partial charge in [0.15, 0.2) is 0 Å². The van der Waals surface area contributed by atoms with Crippen LogP contribution in [0.4, 0.5) is 0 Å². The monoisotopic (exact) mass is 360 g/mol. The predicted molar refractivity (Wildman–Crippen MR) is 108 cm³/mol. The third-order valence-electron chi connectivity index (χ3n) is 4.79. The Kier molecular flexibility index (Phi) is 10.0. The Balaban J connectivity index is 2.42. The molecule has 0 aromatic heterocycles. The zero-order chi connectivity index (χ0) is 19.4. The van der Waals surface area contributed by atoms with Crippen molar-refractivity contribution in [1.82, 2.24) is 10.9 Å². The molecular weight excluding hydrogens is 324 g/mol. The highest BCUT2D eigenvalue weighted by molar-refractivity contribution is 5.95. The molecule has 0 bridgehead atoms. The molecule has 1 atom stereocenters. The van der Waals surface area contributed by atoms with Gasteiger partial charge in [-0.25, -0.2) is 0 Å². The summed E-state index contributed by atoms with van der Waals surface area (Å²) in [5.41, 5.74) is 5.55. The lowest BCUT2D eigenvalue weighted by Gasteiger charge is -2.29. The number of carbonyl (C=O) groups is 2. The number of amides is 2. The Labute approximate surface area is 159 Å². The predicted octanol–water partition coefficient (Wildman–Crippen LogP) is 5.25. The first-order valence-electron chi connectivity index (χ1n) is 10.0. The molecular formula is C22H36N2O2. The number of hydrazine groups is 1. The standard InChI is InChI=1S/C22H36N2O2/c1-5-6-7-8-9-10-14-17-19(22(2,3)4)21(26)24-23-20(25)18-15-12-11-13-16-18/h11-13,15-16,19H,5-10,14,17H2,1-4H3,(H,23,25)(H,24,26). The minimum absolute atomic E-state index is 0.104. The zero-order valence-electron chi connectivity index (χ0n) is 16.9. The molecule has 1 aromatic rings. The first kappa shape index (κ1) is 22.2. The molecule has 0 aliphatic carbocycles. The molecule has 146 valence electrons. The molecule has 2 N–H and O–H groups in total. The summed E-state index contributed by atoms with van der Waals surface area (Å²) in [5.74, 6) is -0.510. The lowest BCUT2D eigenvalue weighted by atomic mass is 9.77. The molecule has 2 amide bonds. The van der Waals surface area contributed by atoms with Crippen molar-refractivity contribution in [1.29, 1.82) is 0 Å². The van der Waals surface area contributed by atoms with E-state index >= 15 is 0 Å². The van der Waals surface area contributed by atoms with Crippen molar-refractivity contribution in [3.8, 4) is 0 Å². The quantitative estimate of drug-likeness (QED) is 0.442. The van der Waals surface area contributed by atoms with E-state index in [2.05, 4.69) is 38.5 Å². The van der Waals surface area contributed by atoms with Crippen LogP contribution in [0.2, 0.25) is 0 Å². The molecule has 0 aliphatic rings. The van der Waals surface area contributed by atoms with Crippen molar-refractivity contribution in [3.05, 3.63) is 35.9 Å². The normalized spacial score (nSPS) is 12.5. The van der Waals surface area contributed by atoms with Crippen molar-refractivity contribution >= 4 is 11.8 Å². The molecule has 0 spiro atoms. The second kappa shape index (κ2) is 11.7. The summed E-state index contributed by atoms with van der Waals surface area (Å²) < 4.78 is 0. The fourth-order valence-corrected chi connectivity index (χ4v) is 3.13. The van der Waals surface area contributed by atoms with Crippen molar-refractivity contribution < 1.29 is 9.59 Å². The van der Waals surface area contributed by atoms with E-state index in [4.69, 9.17) is 0 Å². The number of carbonyl (C=O) groups excluding carboxylic acids is 2. The number of hydrogen-bond donors (Lipinski definition) is 2. The van der Waals surface area contributed by atoms with Crippen LogP contribution in [0.15, 0.2) is 30.3 Å². The Morgan fingerprint density at radius 1 is 0.885 bits per heavy atom. The molecule has 0 saturated heterocycles. The van der Waals surface area contributed by atoms with E-state index in [-0.39, 0.29) is 23.1 Å². The lowest BCUT2D eigenvalue weighted by Crippen LogP contribution is -2.47. The highest BCUT2D eigenvalue weighted by atomic mass is 16.2. The Bertz CT molecular complexity index is 535. The van der Waals surface area contributed by atoms with Crippen LogP contribution >= 0.6 is 0 Å². The summed E-state index contributed by atoms with van der Waals surface area (Å²) >= 11 is 0. The molecule has 0 radical (unpaired) electrons. The fraction of sp³-hybridized carbons (Fsp3) is 0.636. The van der Waals surface area contributed by atoms with Crippen LogP contribution in [-0.4, -0.2) is 11.8 Å². The van der Waals surface area contributed by atoms with E-state index < -0.39 is 0 Å². The SMILES string of the molecule is CCCCCCCCCC(C(=O)NNC(=O)c1ccccc1)C(C)(C)C. The van der Waals surface area contributed by atoms with Gasteiger partial charge in [-0.15, -0.1) is 0 Å². The van der Waals surface area contributed by atoms with Crippen LogP contribution in [0.1, 0.15) is 89.4 Å². The molecule has 1 rings (SSSR count). The van der Waals surface area contributed by atoms with E-state index in [0.29, 0.717) is 5.56 Å². The van der Waals surface area contributed by atoms with Gasteiger partial charge in [-0.05, 0) is 24.0 Å². The third kappa shape index (κ3) is 8.50. The van der Waals surface area contributed by atoms with Gasteiger partial charge < -0.3 is 0 Å².